The zero-order valence-corrected chi connectivity index (χ0v) is 22.7. The predicted molar refractivity (Wildman–Crippen MR) is 142 cm³/mol. The fraction of sp³-hybridized carbons (Fsp3) is 0.920. The van der Waals surface area contributed by atoms with Gasteiger partial charge in [0, 0.05) is 13.1 Å². The summed E-state index contributed by atoms with van der Waals surface area (Å²) in [6, 6.07) is -1.04. The van der Waals surface area contributed by atoms with Crippen LogP contribution in [-0.4, -0.2) is 74.5 Å². The van der Waals surface area contributed by atoms with E-state index in [2.05, 4.69) is 17.6 Å². The molecule has 0 aliphatic rings. The summed E-state index contributed by atoms with van der Waals surface area (Å²) in [6.07, 6.45) is 6.92. The lowest BCUT2D eigenvalue weighted by Crippen LogP contribution is -2.48. The lowest BCUT2D eigenvalue weighted by Gasteiger charge is -2.33. The van der Waals surface area contributed by atoms with Gasteiger partial charge in [-0.25, -0.2) is 0 Å². The van der Waals surface area contributed by atoms with E-state index < -0.39 is 17.7 Å². The Labute approximate surface area is 213 Å². The molecule has 208 valence electrons. The van der Waals surface area contributed by atoms with E-state index in [1.54, 1.807) is 0 Å². The molecular weight excluding hydrogens is 448 g/mol. The van der Waals surface area contributed by atoms with Crippen molar-refractivity contribution in [2.24, 2.45) is 22.9 Å². The van der Waals surface area contributed by atoms with Crippen molar-refractivity contribution >= 4 is 11.8 Å². The van der Waals surface area contributed by atoms with Gasteiger partial charge in [-0.15, -0.1) is 0 Å². The quantitative estimate of drug-likeness (QED) is 0.118. The fourth-order valence-electron chi connectivity index (χ4n) is 3.43. The summed E-state index contributed by atoms with van der Waals surface area (Å²) < 4.78 is 12.3. The van der Waals surface area contributed by atoms with Gasteiger partial charge in [-0.05, 0) is 71.9 Å². The molecule has 4 atom stereocenters. The van der Waals surface area contributed by atoms with Gasteiger partial charge < -0.3 is 43.0 Å². The van der Waals surface area contributed by atoms with Crippen LogP contribution in [0.25, 0.3) is 0 Å². The number of unbranched alkanes of at least 4 members (excludes halogenated alkanes) is 2. The predicted octanol–water partition coefficient (Wildman–Crippen LogP) is 0.892. The van der Waals surface area contributed by atoms with Gasteiger partial charge in [0.2, 0.25) is 11.8 Å². The van der Waals surface area contributed by atoms with Gasteiger partial charge in [-0.1, -0.05) is 26.7 Å². The monoisotopic (exact) mass is 502 g/mol. The molecule has 0 heterocycles. The van der Waals surface area contributed by atoms with E-state index >= 15 is 0 Å². The van der Waals surface area contributed by atoms with Gasteiger partial charge in [0.15, 0.2) is 0 Å². The maximum absolute atomic E-state index is 12.3. The largest absolute Gasteiger partial charge is 0.373 e. The maximum atomic E-state index is 12.3. The highest BCUT2D eigenvalue weighted by Crippen LogP contribution is 2.22. The minimum atomic E-state index is -0.527. The summed E-state index contributed by atoms with van der Waals surface area (Å²) in [5.74, 6) is -0.319. The third kappa shape index (κ3) is 15.4. The molecule has 10 nitrogen and oxygen atoms in total. The third-order valence-electron chi connectivity index (χ3n) is 6.68. The first-order valence-electron chi connectivity index (χ1n) is 13.3. The molecular formula is C25H54N6O4. The molecule has 0 aromatic heterocycles. The Bertz CT molecular complexity index is 582. The summed E-state index contributed by atoms with van der Waals surface area (Å²) in [5, 5.41) is 5.77. The van der Waals surface area contributed by atoms with Gasteiger partial charge >= 0.3 is 0 Å². The van der Waals surface area contributed by atoms with Crippen LogP contribution in [0.15, 0.2) is 0 Å². The summed E-state index contributed by atoms with van der Waals surface area (Å²) in [7, 11) is 0. The van der Waals surface area contributed by atoms with E-state index in [1.807, 2.05) is 20.8 Å². The van der Waals surface area contributed by atoms with E-state index in [0.717, 1.165) is 38.5 Å². The normalized spacial score (nSPS) is 16.7. The van der Waals surface area contributed by atoms with Crippen LogP contribution in [0.3, 0.4) is 0 Å². The summed E-state index contributed by atoms with van der Waals surface area (Å²) in [6.45, 7) is 11.0. The van der Waals surface area contributed by atoms with Crippen molar-refractivity contribution in [2.45, 2.75) is 109 Å². The summed E-state index contributed by atoms with van der Waals surface area (Å²) in [5.41, 5.74) is 22.0. The Balaban J connectivity index is 4.38. The fourth-order valence-corrected chi connectivity index (χ4v) is 3.43. The number of nitrogens with one attached hydrogen (secondary N) is 2. The number of hydrogen-bond donors (Lipinski definition) is 6. The highest BCUT2D eigenvalue weighted by Gasteiger charge is 2.28. The number of hydrogen-bond acceptors (Lipinski definition) is 8. The van der Waals surface area contributed by atoms with E-state index in [1.165, 1.54) is 0 Å². The zero-order valence-electron chi connectivity index (χ0n) is 22.7. The molecule has 0 saturated heterocycles. The number of amides is 2. The molecule has 4 unspecified atom stereocenters. The second-order valence-electron chi connectivity index (χ2n) is 9.84. The van der Waals surface area contributed by atoms with Crippen molar-refractivity contribution in [2.75, 3.05) is 39.4 Å². The summed E-state index contributed by atoms with van der Waals surface area (Å²) >= 11 is 0. The third-order valence-corrected chi connectivity index (χ3v) is 6.68. The number of ether oxygens (including phenoxy) is 2. The molecule has 0 radical (unpaired) electrons. The van der Waals surface area contributed by atoms with E-state index in [-0.39, 0.29) is 17.4 Å². The van der Waals surface area contributed by atoms with Crippen LogP contribution in [0.5, 0.6) is 0 Å². The highest BCUT2D eigenvalue weighted by molar-refractivity contribution is 5.81. The minimum absolute atomic E-state index is 0.159. The van der Waals surface area contributed by atoms with Gasteiger partial charge in [0.25, 0.3) is 0 Å². The number of nitrogens with two attached hydrogens (primary N) is 4. The van der Waals surface area contributed by atoms with Gasteiger partial charge in [-0.2, -0.15) is 0 Å². The van der Waals surface area contributed by atoms with Crippen LogP contribution < -0.4 is 33.6 Å². The van der Waals surface area contributed by atoms with Crippen LogP contribution in [-0.2, 0) is 19.1 Å². The first-order valence-corrected chi connectivity index (χ1v) is 13.3. The Morgan fingerprint density at radius 2 is 1.26 bits per heavy atom. The molecule has 35 heavy (non-hydrogen) atoms. The van der Waals surface area contributed by atoms with Crippen LogP contribution in [0.1, 0.15) is 85.5 Å². The molecule has 0 aliphatic carbocycles. The Kier molecular flexibility index (Phi) is 18.2. The molecule has 10 heteroatoms. The summed E-state index contributed by atoms with van der Waals surface area (Å²) in [4.78, 5) is 24.4. The average Bonchev–Trinajstić information content (AvgIpc) is 2.85. The molecule has 0 rings (SSSR count). The van der Waals surface area contributed by atoms with E-state index in [9.17, 15) is 9.59 Å². The topological polar surface area (TPSA) is 181 Å². The van der Waals surface area contributed by atoms with Crippen LogP contribution in [0.2, 0.25) is 0 Å². The van der Waals surface area contributed by atoms with Crippen molar-refractivity contribution < 1.29 is 19.1 Å². The average molecular weight is 503 g/mol. The lowest BCUT2D eigenvalue weighted by molar-refractivity contribution is -0.125. The van der Waals surface area contributed by atoms with Crippen molar-refractivity contribution in [1.82, 2.24) is 10.6 Å². The zero-order chi connectivity index (χ0) is 26.7. The molecule has 0 spiro atoms. The Hall–Kier alpha value is -1.30. The first-order chi connectivity index (χ1) is 16.6. The smallest absolute Gasteiger partial charge is 0.237 e. The Morgan fingerprint density at radius 1 is 0.771 bits per heavy atom. The second kappa shape index (κ2) is 18.9. The molecule has 10 N–H and O–H groups in total. The van der Waals surface area contributed by atoms with Crippen LogP contribution >= 0.6 is 0 Å². The number of carbonyl (C=O) groups is 2. The minimum Gasteiger partial charge on any atom is -0.373 e. The van der Waals surface area contributed by atoms with Crippen molar-refractivity contribution in [3.05, 3.63) is 0 Å². The SMILES string of the molecule is CCC(C)(CCOC(C)(CC)CNC(=O)C(N)CCCCN)OCCNC(=O)C(N)CCCCN. The highest BCUT2D eigenvalue weighted by atomic mass is 16.5. The van der Waals surface area contributed by atoms with E-state index in [4.69, 9.17) is 32.4 Å². The van der Waals surface area contributed by atoms with E-state index in [0.29, 0.717) is 58.7 Å². The standard InChI is InChI=1S/C25H54N6O4/c1-5-24(3,35-18-16-30-22(32)20(28)11-7-9-14-26)13-17-34-25(4,6-2)19-31-23(33)21(29)12-8-10-15-27/h20-21H,5-19,26-29H2,1-4H3,(H,30,32)(H,31,33). The van der Waals surface area contributed by atoms with Gasteiger partial charge in [-0.3, -0.25) is 9.59 Å². The van der Waals surface area contributed by atoms with Crippen molar-refractivity contribution in [3.63, 3.8) is 0 Å². The first kappa shape index (κ1) is 33.7. The molecule has 0 aromatic carbocycles. The lowest BCUT2D eigenvalue weighted by atomic mass is 9.98. The molecule has 0 saturated carbocycles. The molecule has 0 bridgehead atoms. The molecule has 0 aromatic rings. The number of rotatable bonds is 22. The molecule has 0 aliphatic heterocycles. The van der Waals surface area contributed by atoms with Gasteiger partial charge in [0.1, 0.15) is 0 Å². The maximum Gasteiger partial charge on any atom is 0.237 e. The van der Waals surface area contributed by atoms with Crippen LogP contribution in [0, 0.1) is 0 Å². The Morgan fingerprint density at radius 3 is 1.74 bits per heavy atom. The second-order valence-corrected chi connectivity index (χ2v) is 9.84. The van der Waals surface area contributed by atoms with Crippen molar-refractivity contribution in [3.8, 4) is 0 Å². The number of carbonyl (C=O) groups excluding carboxylic acids is 2. The van der Waals surface area contributed by atoms with Crippen LogP contribution in [0.4, 0.5) is 0 Å². The molecule has 0 fully saturated rings. The van der Waals surface area contributed by atoms with Gasteiger partial charge in [0.05, 0.1) is 36.5 Å². The van der Waals surface area contributed by atoms with Crippen molar-refractivity contribution in [1.29, 1.82) is 0 Å². The molecule has 2 amide bonds.